The Hall–Kier alpha value is -0.920. The van der Waals surface area contributed by atoms with Crippen LogP contribution in [0.5, 0.6) is 0 Å². The van der Waals surface area contributed by atoms with Gasteiger partial charge in [0.05, 0.1) is 0 Å². The second-order valence-corrected chi connectivity index (χ2v) is 3.71. The molecule has 14 heavy (non-hydrogen) atoms. The van der Waals surface area contributed by atoms with E-state index in [-0.39, 0.29) is 0 Å². The van der Waals surface area contributed by atoms with Crippen molar-refractivity contribution in [1.29, 1.82) is 0 Å². The van der Waals surface area contributed by atoms with Gasteiger partial charge in [-0.25, -0.2) is 0 Å². The number of thiocarbonyl (C=S) groups is 1. The Morgan fingerprint density at radius 2 is 1.79 bits per heavy atom. The summed E-state index contributed by atoms with van der Waals surface area (Å²) in [4.78, 5) is 1.03. The smallest absolute Gasteiger partial charge is 0.0405 e. The van der Waals surface area contributed by atoms with Crippen LogP contribution in [0, 0.1) is 0 Å². The number of halogens is 1. The van der Waals surface area contributed by atoms with Crippen molar-refractivity contribution in [3.63, 3.8) is 0 Å². The number of hydrogen-bond donors (Lipinski definition) is 0. The number of hydrogen-bond acceptors (Lipinski definition) is 1. The SMILES string of the molecule is Clc1ccccc1.S=C1C=CC=CC1. The van der Waals surface area contributed by atoms with Gasteiger partial charge >= 0.3 is 0 Å². The summed E-state index contributed by atoms with van der Waals surface area (Å²) in [5.41, 5.74) is 0. The van der Waals surface area contributed by atoms with Crippen molar-refractivity contribution < 1.29 is 0 Å². The highest BCUT2D eigenvalue weighted by molar-refractivity contribution is 7.80. The first-order valence-electron chi connectivity index (χ1n) is 4.35. The first-order valence-corrected chi connectivity index (χ1v) is 5.14. The number of rotatable bonds is 0. The molecule has 0 bridgehead atoms. The lowest BCUT2D eigenvalue weighted by molar-refractivity contribution is 1.50. The average Bonchev–Trinajstić information content (AvgIpc) is 2.21. The first-order chi connectivity index (χ1) is 6.79. The highest BCUT2D eigenvalue weighted by Gasteiger charge is 1.87. The van der Waals surface area contributed by atoms with Gasteiger partial charge in [0, 0.05) is 16.3 Å². The number of benzene rings is 1. The third-order valence-corrected chi connectivity index (χ3v) is 2.14. The number of allylic oxidation sites excluding steroid dienone is 4. The zero-order valence-electron chi connectivity index (χ0n) is 7.69. The molecule has 0 nitrogen and oxygen atoms in total. The van der Waals surface area contributed by atoms with Gasteiger partial charge in [-0.2, -0.15) is 0 Å². The van der Waals surface area contributed by atoms with Crippen LogP contribution in [-0.2, 0) is 0 Å². The molecule has 2 heteroatoms. The molecule has 0 N–H and O–H groups in total. The van der Waals surface area contributed by atoms with Gasteiger partial charge < -0.3 is 0 Å². The topological polar surface area (TPSA) is 0 Å². The first kappa shape index (κ1) is 11.2. The van der Waals surface area contributed by atoms with E-state index in [1.54, 1.807) is 0 Å². The van der Waals surface area contributed by atoms with Gasteiger partial charge in [-0.05, 0) is 18.2 Å². The predicted molar refractivity (Wildman–Crippen MR) is 66.9 cm³/mol. The van der Waals surface area contributed by atoms with E-state index in [0.717, 1.165) is 16.3 Å². The molecule has 0 radical (unpaired) electrons. The molecule has 1 aromatic rings. The highest BCUT2D eigenvalue weighted by Crippen LogP contribution is 2.03. The van der Waals surface area contributed by atoms with Crippen LogP contribution in [0.2, 0.25) is 5.02 Å². The van der Waals surface area contributed by atoms with Crippen LogP contribution < -0.4 is 0 Å². The molecule has 0 fully saturated rings. The Morgan fingerprint density at radius 1 is 1.07 bits per heavy atom. The van der Waals surface area contributed by atoms with E-state index in [0.29, 0.717) is 0 Å². The summed E-state index contributed by atoms with van der Waals surface area (Å²) in [7, 11) is 0. The minimum absolute atomic E-state index is 0.794. The zero-order chi connectivity index (χ0) is 10.2. The van der Waals surface area contributed by atoms with Crippen molar-refractivity contribution in [2.24, 2.45) is 0 Å². The molecular formula is C12H11ClS. The molecule has 72 valence electrons. The molecule has 2 rings (SSSR count). The Morgan fingerprint density at radius 3 is 2.07 bits per heavy atom. The molecule has 0 aliphatic heterocycles. The summed E-state index contributed by atoms with van der Waals surface area (Å²) in [5.74, 6) is 0. The molecule has 0 saturated carbocycles. The summed E-state index contributed by atoms with van der Waals surface area (Å²) in [6.07, 6.45) is 8.94. The Balaban J connectivity index is 0.000000140. The summed E-state index contributed by atoms with van der Waals surface area (Å²) < 4.78 is 0. The van der Waals surface area contributed by atoms with E-state index < -0.39 is 0 Å². The van der Waals surface area contributed by atoms with Crippen molar-refractivity contribution in [3.8, 4) is 0 Å². The van der Waals surface area contributed by atoms with Gasteiger partial charge in [-0.15, -0.1) is 0 Å². The fourth-order valence-corrected chi connectivity index (χ4v) is 1.23. The largest absolute Gasteiger partial charge is 0.0846 e. The van der Waals surface area contributed by atoms with Crippen LogP contribution in [0.15, 0.2) is 54.6 Å². The second kappa shape index (κ2) is 6.52. The van der Waals surface area contributed by atoms with Crippen LogP contribution in [0.1, 0.15) is 6.42 Å². The van der Waals surface area contributed by atoms with E-state index in [4.69, 9.17) is 23.8 Å². The van der Waals surface area contributed by atoms with E-state index in [1.165, 1.54) is 0 Å². The molecule has 0 spiro atoms. The highest BCUT2D eigenvalue weighted by atomic mass is 35.5. The standard InChI is InChI=1S/C6H5Cl.C6H6S/c2*7-6-4-2-1-3-5-6/h1-5H;1-4H,5H2. The molecule has 0 aromatic heterocycles. The van der Waals surface area contributed by atoms with Gasteiger partial charge in [0.2, 0.25) is 0 Å². The monoisotopic (exact) mass is 222 g/mol. The quantitative estimate of drug-likeness (QED) is 0.593. The Bertz CT molecular complexity index is 339. The summed E-state index contributed by atoms with van der Waals surface area (Å²) in [6, 6.07) is 9.44. The second-order valence-electron chi connectivity index (χ2n) is 2.75. The van der Waals surface area contributed by atoms with Gasteiger partial charge in [0.1, 0.15) is 0 Å². The molecule has 0 atom stereocenters. The van der Waals surface area contributed by atoms with Crippen molar-refractivity contribution in [3.05, 3.63) is 59.7 Å². The maximum atomic E-state index is 5.54. The summed E-state index contributed by atoms with van der Waals surface area (Å²) in [5, 5.41) is 0.794. The molecule has 0 amide bonds. The fraction of sp³-hybridized carbons (Fsp3) is 0.0833. The molecule has 0 unspecified atom stereocenters. The van der Waals surface area contributed by atoms with Gasteiger partial charge in [-0.3, -0.25) is 0 Å². The third kappa shape index (κ3) is 4.95. The van der Waals surface area contributed by atoms with Crippen LogP contribution in [0.3, 0.4) is 0 Å². The fourth-order valence-electron chi connectivity index (χ4n) is 0.908. The Labute approximate surface area is 94.9 Å². The molecule has 0 saturated heterocycles. The lowest BCUT2D eigenvalue weighted by Crippen LogP contribution is -1.86. The van der Waals surface area contributed by atoms with Crippen molar-refractivity contribution >= 4 is 28.7 Å². The van der Waals surface area contributed by atoms with Gasteiger partial charge in [0.15, 0.2) is 0 Å². The molecule has 0 heterocycles. The van der Waals surface area contributed by atoms with Gasteiger partial charge in [-0.1, -0.05) is 60.2 Å². The molecule has 1 aliphatic rings. The van der Waals surface area contributed by atoms with Crippen LogP contribution in [0.25, 0.3) is 0 Å². The van der Waals surface area contributed by atoms with Gasteiger partial charge in [0.25, 0.3) is 0 Å². The summed E-state index contributed by atoms with van der Waals surface area (Å²) >= 11 is 10.4. The van der Waals surface area contributed by atoms with Crippen molar-refractivity contribution in [2.75, 3.05) is 0 Å². The lowest BCUT2D eigenvalue weighted by atomic mass is 10.2. The normalized spacial score (nSPS) is 13.4. The van der Waals surface area contributed by atoms with Crippen molar-refractivity contribution in [2.45, 2.75) is 6.42 Å². The van der Waals surface area contributed by atoms with E-state index in [2.05, 4.69) is 6.08 Å². The average molecular weight is 223 g/mol. The van der Waals surface area contributed by atoms with Crippen LogP contribution in [0.4, 0.5) is 0 Å². The van der Waals surface area contributed by atoms with Crippen LogP contribution >= 0.6 is 23.8 Å². The Kier molecular flexibility index (Phi) is 5.20. The predicted octanol–water partition coefficient (Wildman–Crippen LogP) is 4.21. The van der Waals surface area contributed by atoms with Crippen molar-refractivity contribution in [1.82, 2.24) is 0 Å². The minimum atomic E-state index is 0.794. The zero-order valence-corrected chi connectivity index (χ0v) is 9.26. The van der Waals surface area contributed by atoms with E-state index in [9.17, 15) is 0 Å². The lowest BCUT2D eigenvalue weighted by Gasteiger charge is -1.92. The maximum absolute atomic E-state index is 5.54. The molecule has 1 aliphatic carbocycles. The summed E-state index contributed by atoms with van der Waals surface area (Å²) in [6.45, 7) is 0. The maximum Gasteiger partial charge on any atom is 0.0405 e. The minimum Gasteiger partial charge on any atom is -0.0846 e. The van der Waals surface area contributed by atoms with E-state index in [1.807, 2.05) is 48.6 Å². The third-order valence-electron chi connectivity index (χ3n) is 1.58. The van der Waals surface area contributed by atoms with E-state index >= 15 is 0 Å². The van der Waals surface area contributed by atoms with Crippen LogP contribution in [-0.4, -0.2) is 4.86 Å². The molecular weight excluding hydrogens is 212 g/mol. The molecule has 1 aromatic carbocycles.